The number of anilines is 1. The van der Waals surface area contributed by atoms with Crippen LogP contribution in [0.1, 0.15) is 36.5 Å². The molecule has 7 nitrogen and oxygen atoms in total. The van der Waals surface area contributed by atoms with Crippen molar-refractivity contribution in [3.05, 3.63) is 131 Å². The summed E-state index contributed by atoms with van der Waals surface area (Å²) in [6, 6.07) is 26.5. The molecule has 0 bridgehead atoms. The number of benzene rings is 4. The van der Waals surface area contributed by atoms with Crippen molar-refractivity contribution < 1.29 is 22.4 Å². The third-order valence-corrected chi connectivity index (χ3v) is 9.41. The third kappa shape index (κ3) is 9.15. The molecule has 0 aliphatic rings. The number of sulfonamides is 1. The van der Waals surface area contributed by atoms with Gasteiger partial charge in [0.2, 0.25) is 11.8 Å². The smallest absolute Gasteiger partial charge is 0.264 e. The Kier molecular flexibility index (Phi) is 11.7. The zero-order valence-corrected chi connectivity index (χ0v) is 26.9. The van der Waals surface area contributed by atoms with Crippen LogP contribution in [0.15, 0.2) is 108 Å². The normalized spacial score (nSPS) is 11.9. The first-order chi connectivity index (χ1) is 21.6. The molecule has 236 valence electrons. The van der Waals surface area contributed by atoms with Gasteiger partial charge in [-0.25, -0.2) is 12.8 Å². The van der Waals surface area contributed by atoms with Gasteiger partial charge in [0.25, 0.3) is 10.0 Å². The molecule has 4 aromatic rings. The van der Waals surface area contributed by atoms with E-state index in [9.17, 15) is 22.4 Å². The van der Waals surface area contributed by atoms with Crippen molar-refractivity contribution in [1.29, 1.82) is 0 Å². The van der Waals surface area contributed by atoms with Crippen LogP contribution in [-0.2, 0) is 32.6 Å². The van der Waals surface area contributed by atoms with Gasteiger partial charge in [-0.3, -0.25) is 13.9 Å². The Morgan fingerprint density at radius 3 is 2.13 bits per heavy atom. The molecule has 4 aromatic carbocycles. The molecule has 0 saturated carbocycles. The minimum absolute atomic E-state index is 0.0130. The zero-order chi connectivity index (χ0) is 32.4. The molecule has 10 heteroatoms. The van der Waals surface area contributed by atoms with E-state index in [-0.39, 0.29) is 29.5 Å². The first-order valence-corrected chi connectivity index (χ1v) is 16.6. The number of nitrogens with zero attached hydrogens (tertiary/aromatic N) is 2. The van der Waals surface area contributed by atoms with Crippen LogP contribution in [0.2, 0.25) is 5.02 Å². The highest BCUT2D eigenvalue weighted by atomic mass is 35.5. The highest BCUT2D eigenvalue weighted by Crippen LogP contribution is 2.26. The van der Waals surface area contributed by atoms with Crippen molar-refractivity contribution in [1.82, 2.24) is 10.2 Å². The van der Waals surface area contributed by atoms with Gasteiger partial charge in [-0.2, -0.15) is 0 Å². The van der Waals surface area contributed by atoms with Crippen LogP contribution >= 0.6 is 11.6 Å². The number of carbonyl (C=O) groups is 2. The number of rotatable bonds is 14. The molecule has 0 spiro atoms. The number of nitrogens with one attached hydrogen (secondary N) is 1. The average molecular weight is 650 g/mol. The van der Waals surface area contributed by atoms with Gasteiger partial charge < -0.3 is 10.2 Å². The van der Waals surface area contributed by atoms with E-state index in [1.807, 2.05) is 44.2 Å². The summed E-state index contributed by atoms with van der Waals surface area (Å²) in [7, 11) is -4.22. The molecule has 0 radical (unpaired) electrons. The summed E-state index contributed by atoms with van der Waals surface area (Å²) in [6.45, 7) is 3.65. The number of unbranched alkanes of at least 4 members (excludes halogenated alkanes) is 1. The highest BCUT2D eigenvalue weighted by molar-refractivity contribution is 7.92. The van der Waals surface area contributed by atoms with Crippen molar-refractivity contribution in [2.24, 2.45) is 0 Å². The predicted octanol–water partition coefficient (Wildman–Crippen LogP) is 6.54. The summed E-state index contributed by atoms with van der Waals surface area (Å²) < 4.78 is 42.9. The van der Waals surface area contributed by atoms with Crippen molar-refractivity contribution in [3.8, 4) is 0 Å². The monoisotopic (exact) mass is 649 g/mol. The summed E-state index contributed by atoms with van der Waals surface area (Å²) in [5.41, 5.74) is 2.53. The van der Waals surface area contributed by atoms with Gasteiger partial charge in [0, 0.05) is 24.5 Å². The topological polar surface area (TPSA) is 86.8 Å². The second-order valence-corrected chi connectivity index (χ2v) is 13.1. The van der Waals surface area contributed by atoms with Crippen LogP contribution < -0.4 is 9.62 Å². The largest absolute Gasteiger partial charge is 0.354 e. The Labute approximate surface area is 269 Å². The van der Waals surface area contributed by atoms with E-state index in [1.165, 1.54) is 41.3 Å². The minimum atomic E-state index is -4.22. The van der Waals surface area contributed by atoms with Gasteiger partial charge in [0.1, 0.15) is 18.4 Å². The SMILES string of the molecule is CCCCNC(=O)[C@@H](Cc1ccccc1)N(Cc1ccc(F)cc1)C(=O)CN(c1ccc(Cl)cc1)S(=O)(=O)c1ccc(C)cc1. The molecule has 4 rings (SSSR count). The molecule has 1 N–H and O–H groups in total. The molecule has 0 fully saturated rings. The summed E-state index contributed by atoms with van der Waals surface area (Å²) in [5.74, 6) is -1.40. The van der Waals surface area contributed by atoms with Crippen LogP contribution in [-0.4, -0.2) is 44.3 Å². The van der Waals surface area contributed by atoms with Crippen molar-refractivity contribution >= 4 is 39.1 Å². The molecule has 0 aliphatic carbocycles. The van der Waals surface area contributed by atoms with Gasteiger partial charge in [-0.15, -0.1) is 0 Å². The van der Waals surface area contributed by atoms with E-state index in [0.29, 0.717) is 17.1 Å². The van der Waals surface area contributed by atoms with E-state index >= 15 is 0 Å². The zero-order valence-electron chi connectivity index (χ0n) is 25.3. The molecular weight excluding hydrogens is 613 g/mol. The number of aryl methyl sites for hydroxylation is 1. The Hall–Kier alpha value is -4.21. The molecule has 0 heterocycles. The molecule has 0 unspecified atom stereocenters. The van der Waals surface area contributed by atoms with Crippen LogP contribution in [0.25, 0.3) is 0 Å². The lowest BCUT2D eigenvalue weighted by molar-refractivity contribution is -0.140. The Balaban J connectivity index is 1.78. The van der Waals surface area contributed by atoms with E-state index in [2.05, 4.69) is 5.32 Å². The lowest BCUT2D eigenvalue weighted by atomic mass is 10.0. The van der Waals surface area contributed by atoms with E-state index < -0.39 is 34.3 Å². The van der Waals surface area contributed by atoms with Gasteiger partial charge >= 0.3 is 0 Å². The quantitative estimate of drug-likeness (QED) is 0.157. The van der Waals surface area contributed by atoms with Crippen LogP contribution in [0.5, 0.6) is 0 Å². The molecule has 45 heavy (non-hydrogen) atoms. The lowest BCUT2D eigenvalue weighted by Gasteiger charge is -2.34. The third-order valence-electron chi connectivity index (χ3n) is 7.37. The van der Waals surface area contributed by atoms with Gasteiger partial charge in [-0.05, 0) is 73.0 Å². The fourth-order valence-electron chi connectivity index (χ4n) is 4.82. The Bertz CT molecular complexity index is 1670. The van der Waals surface area contributed by atoms with Crippen LogP contribution in [0.4, 0.5) is 10.1 Å². The standard InChI is InChI=1S/C35H37ClFN3O4S/c1-3-4-22-38-35(42)33(23-27-8-6-5-7-9-27)39(24-28-12-16-30(37)17-13-28)34(41)25-40(31-18-14-29(36)15-19-31)45(43,44)32-20-10-26(2)11-21-32/h5-21,33H,3-4,22-25H2,1-2H3,(H,38,42)/t33-/m1/s1. The molecule has 0 aromatic heterocycles. The summed E-state index contributed by atoms with van der Waals surface area (Å²) in [6.07, 6.45) is 1.82. The van der Waals surface area contributed by atoms with Crippen LogP contribution in [0, 0.1) is 12.7 Å². The first kappa shape index (κ1) is 33.7. The Morgan fingerprint density at radius 1 is 0.867 bits per heavy atom. The first-order valence-electron chi connectivity index (χ1n) is 14.8. The van der Waals surface area contributed by atoms with E-state index in [4.69, 9.17) is 11.6 Å². The number of hydrogen-bond acceptors (Lipinski definition) is 4. The second kappa shape index (κ2) is 15.7. The molecule has 0 aliphatic heterocycles. The maximum absolute atomic E-state index is 14.4. The number of amides is 2. The molecular formula is C35H37ClFN3O4S. The van der Waals surface area contributed by atoms with Crippen LogP contribution in [0.3, 0.4) is 0 Å². The maximum Gasteiger partial charge on any atom is 0.264 e. The van der Waals surface area contributed by atoms with Gasteiger partial charge in [0.05, 0.1) is 10.6 Å². The summed E-state index contributed by atoms with van der Waals surface area (Å²) >= 11 is 6.11. The fourth-order valence-corrected chi connectivity index (χ4v) is 6.36. The van der Waals surface area contributed by atoms with Crippen molar-refractivity contribution in [2.45, 2.75) is 50.6 Å². The molecule has 0 saturated heterocycles. The average Bonchev–Trinajstić information content (AvgIpc) is 3.03. The molecule has 2 amide bonds. The van der Waals surface area contributed by atoms with Gasteiger partial charge in [-0.1, -0.05) is 85.1 Å². The maximum atomic E-state index is 14.4. The Morgan fingerprint density at radius 2 is 1.51 bits per heavy atom. The van der Waals surface area contributed by atoms with E-state index in [1.54, 1.807) is 36.4 Å². The summed E-state index contributed by atoms with van der Waals surface area (Å²) in [4.78, 5) is 29.5. The predicted molar refractivity (Wildman–Crippen MR) is 176 cm³/mol. The van der Waals surface area contributed by atoms with Crippen molar-refractivity contribution in [3.63, 3.8) is 0 Å². The fraction of sp³-hybridized carbons (Fsp3) is 0.257. The van der Waals surface area contributed by atoms with Gasteiger partial charge in [0.15, 0.2) is 0 Å². The molecule has 1 atom stereocenters. The van der Waals surface area contributed by atoms with Crippen molar-refractivity contribution in [2.75, 3.05) is 17.4 Å². The second-order valence-electron chi connectivity index (χ2n) is 10.8. The summed E-state index contributed by atoms with van der Waals surface area (Å²) in [5, 5.41) is 3.35. The van der Waals surface area contributed by atoms with E-state index in [0.717, 1.165) is 28.3 Å². The number of carbonyl (C=O) groups excluding carboxylic acids is 2. The minimum Gasteiger partial charge on any atom is -0.354 e. The highest BCUT2D eigenvalue weighted by Gasteiger charge is 2.34. The lowest BCUT2D eigenvalue weighted by Crippen LogP contribution is -2.53. The number of halogens is 2. The number of hydrogen-bond donors (Lipinski definition) is 1.